The first-order chi connectivity index (χ1) is 11.9. The fourth-order valence-electron chi connectivity index (χ4n) is 3.40. The van der Waals surface area contributed by atoms with Crippen molar-refractivity contribution in [3.05, 3.63) is 23.7 Å². The zero-order valence-corrected chi connectivity index (χ0v) is 15.1. The predicted octanol–water partition coefficient (Wildman–Crippen LogP) is 1.46. The summed E-state index contributed by atoms with van der Waals surface area (Å²) in [6.07, 6.45) is 2.27. The lowest BCUT2D eigenvalue weighted by Crippen LogP contribution is -2.46. The number of furan rings is 1. The zero-order chi connectivity index (χ0) is 18.0. The maximum atomic E-state index is 12.4. The van der Waals surface area contributed by atoms with Gasteiger partial charge < -0.3 is 23.7 Å². The van der Waals surface area contributed by atoms with Crippen molar-refractivity contribution in [1.82, 2.24) is 9.80 Å². The van der Waals surface area contributed by atoms with Crippen LogP contribution in [0.5, 0.6) is 0 Å². The molecule has 1 aromatic heterocycles. The molecule has 138 valence electrons. The summed E-state index contributed by atoms with van der Waals surface area (Å²) in [4.78, 5) is 27.4. The van der Waals surface area contributed by atoms with Gasteiger partial charge in [0.15, 0.2) is 5.76 Å². The number of aryl methyl sites for hydroxylation is 1. The van der Waals surface area contributed by atoms with E-state index < -0.39 is 0 Å². The second-order valence-corrected chi connectivity index (χ2v) is 7.12. The molecule has 0 aromatic carbocycles. The van der Waals surface area contributed by atoms with Crippen molar-refractivity contribution in [3.63, 3.8) is 0 Å². The molecule has 0 radical (unpaired) electrons. The minimum atomic E-state index is -0.234. The quantitative estimate of drug-likeness (QED) is 0.822. The number of rotatable bonds is 4. The molecule has 3 rings (SSSR count). The highest BCUT2D eigenvalue weighted by atomic mass is 16.6. The van der Waals surface area contributed by atoms with Crippen LogP contribution in [0.15, 0.2) is 16.5 Å². The van der Waals surface area contributed by atoms with Crippen molar-refractivity contribution in [1.29, 1.82) is 0 Å². The number of likely N-dealkylation sites (N-methyl/N-ethyl adjacent to an activating group) is 1. The zero-order valence-electron chi connectivity index (χ0n) is 15.1. The Balaban J connectivity index is 1.49. The van der Waals surface area contributed by atoms with Gasteiger partial charge in [0.05, 0.1) is 18.3 Å². The first-order valence-corrected chi connectivity index (χ1v) is 8.70. The predicted molar refractivity (Wildman–Crippen MR) is 90.3 cm³/mol. The number of hydrogen-bond donors (Lipinski definition) is 0. The first-order valence-electron chi connectivity index (χ1n) is 8.70. The molecule has 1 atom stereocenters. The van der Waals surface area contributed by atoms with Gasteiger partial charge in [0.1, 0.15) is 12.4 Å². The number of hydrogen-bond acceptors (Lipinski definition) is 5. The molecular weight excluding hydrogens is 324 g/mol. The Labute approximate surface area is 147 Å². The highest BCUT2D eigenvalue weighted by molar-refractivity contribution is 5.91. The lowest BCUT2D eigenvalue weighted by molar-refractivity contribution is -0.135. The third-order valence-corrected chi connectivity index (χ3v) is 5.03. The highest BCUT2D eigenvalue weighted by Crippen LogP contribution is 2.37. The van der Waals surface area contributed by atoms with Crippen LogP contribution in [0, 0.1) is 6.92 Å². The van der Waals surface area contributed by atoms with Gasteiger partial charge in [0.2, 0.25) is 5.91 Å². The fourth-order valence-corrected chi connectivity index (χ4v) is 3.40. The number of ether oxygens (including phenoxy) is 2. The summed E-state index contributed by atoms with van der Waals surface area (Å²) in [5.74, 6) is 1.02. The van der Waals surface area contributed by atoms with Crippen molar-refractivity contribution < 1.29 is 23.5 Å². The van der Waals surface area contributed by atoms with Gasteiger partial charge in [-0.05, 0) is 31.9 Å². The molecule has 0 bridgehead atoms. The Morgan fingerprint density at radius 3 is 2.64 bits per heavy atom. The van der Waals surface area contributed by atoms with E-state index in [4.69, 9.17) is 13.9 Å². The van der Waals surface area contributed by atoms with Crippen LogP contribution in [0.4, 0.5) is 0 Å². The van der Waals surface area contributed by atoms with Crippen LogP contribution in [0.1, 0.15) is 35.6 Å². The third kappa shape index (κ3) is 4.04. The second-order valence-electron chi connectivity index (χ2n) is 7.12. The van der Waals surface area contributed by atoms with Crippen LogP contribution in [-0.2, 0) is 14.3 Å². The molecule has 1 unspecified atom stereocenters. The summed E-state index contributed by atoms with van der Waals surface area (Å²) in [6.45, 7) is 3.70. The Morgan fingerprint density at radius 1 is 1.32 bits per heavy atom. The summed E-state index contributed by atoms with van der Waals surface area (Å²) in [5.41, 5.74) is -0.234. The Bertz CT molecular complexity index is 631. The van der Waals surface area contributed by atoms with Crippen LogP contribution in [0.3, 0.4) is 0 Å². The molecule has 3 heterocycles. The van der Waals surface area contributed by atoms with Gasteiger partial charge in [0.25, 0.3) is 5.91 Å². The number of amides is 2. The van der Waals surface area contributed by atoms with E-state index >= 15 is 0 Å². The second kappa shape index (κ2) is 7.17. The molecule has 0 aliphatic carbocycles. The maximum absolute atomic E-state index is 12.4. The number of nitrogens with zero attached hydrogens (tertiary/aromatic N) is 2. The van der Waals surface area contributed by atoms with Crippen LogP contribution in [0.25, 0.3) is 0 Å². The largest absolute Gasteiger partial charge is 0.456 e. The average Bonchev–Trinajstić information content (AvgIpc) is 3.19. The molecule has 2 fully saturated rings. The standard InChI is InChI=1S/C18H26N2O5/c1-13-4-5-15(25-13)17(22)20-8-6-18(7-9-20)10-14(11-24-18)23-12-16(21)19(2)3/h4-5,14H,6-12H2,1-3H3. The van der Waals surface area contributed by atoms with E-state index in [9.17, 15) is 9.59 Å². The molecule has 2 amide bonds. The van der Waals surface area contributed by atoms with E-state index in [1.54, 1.807) is 26.2 Å². The number of piperidine rings is 1. The Kier molecular flexibility index (Phi) is 5.15. The molecule has 0 N–H and O–H groups in total. The lowest BCUT2D eigenvalue weighted by Gasteiger charge is -2.38. The Morgan fingerprint density at radius 2 is 2.04 bits per heavy atom. The van der Waals surface area contributed by atoms with Gasteiger partial charge in [0, 0.05) is 33.6 Å². The van der Waals surface area contributed by atoms with Crippen molar-refractivity contribution in [2.45, 2.75) is 37.9 Å². The number of carbonyl (C=O) groups excluding carboxylic acids is 2. The molecule has 2 aliphatic heterocycles. The topological polar surface area (TPSA) is 72.2 Å². The lowest BCUT2D eigenvalue weighted by atomic mass is 9.88. The van der Waals surface area contributed by atoms with Gasteiger partial charge >= 0.3 is 0 Å². The van der Waals surface area contributed by atoms with E-state index in [1.807, 2.05) is 11.8 Å². The van der Waals surface area contributed by atoms with Gasteiger partial charge in [-0.3, -0.25) is 9.59 Å². The van der Waals surface area contributed by atoms with Crippen LogP contribution >= 0.6 is 0 Å². The van der Waals surface area contributed by atoms with E-state index in [-0.39, 0.29) is 30.1 Å². The molecule has 1 aromatic rings. The molecule has 2 saturated heterocycles. The van der Waals surface area contributed by atoms with E-state index in [0.29, 0.717) is 25.5 Å². The SMILES string of the molecule is Cc1ccc(C(=O)N2CCC3(CC2)CC(OCC(=O)N(C)C)CO3)o1. The summed E-state index contributed by atoms with van der Waals surface area (Å²) in [7, 11) is 3.43. The number of likely N-dealkylation sites (tertiary alicyclic amines) is 1. The van der Waals surface area contributed by atoms with Crippen LogP contribution < -0.4 is 0 Å². The molecule has 7 heteroatoms. The van der Waals surface area contributed by atoms with Crippen molar-refractivity contribution in [2.75, 3.05) is 40.4 Å². The first kappa shape index (κ1) is 17.9. The minimum absolute atomic E-state index is 0.0462. The molecule has 1 spiro atoms. The minimum Gasteiger partial charge on any atom is -0.456 e. The fraction of sp³-hybridized carbons (Fsp3) is 0.667. The van der Waals surface area contributed by atoms with Gasteiger partial charge in [-0.1, -0.05) is 0 Å². The summed E-state index contributed by atoms with van der Waals surface area (Å²) in [5, 5.41) is 0. The van der Waals surface area contributed by atoms with Crippen molar-refractivity contribution in [2.24, 2.45) is 0 Å². The molecule has 0 saturated carbocycles. The van der Waals surface area contributed by atoms with Gasteiger partial charge in [-0.25, -0.2) is 0 Å². The number of carbonyl (C=O) groups is 2. The maximum Gasteiger partial charge on any atom is 0.289 e. The normalized spacial score (nSPS) is 22.4. The van der Waals surface area contributed by atoms with Crippen molar-refractivity contribution in [3.8, 4) is 0 Å². The summed E-state index contributed by atoms with van der Waals surface area (Å²) >= 11 is 0. The monoisotopic (exact) mass is 350 g/mol. The van der Waals surface area contributed by atoms with Crippen LogP contribution in [-0.4, -0.2) is 73.7 Å². The smallest absolute Gasteiger partial charge is 0.289 e. The van der Waals surface area contributed by atoms with E-state index in [0.717, 1.165) is 25.0 Å². The molecule has 25 heavy (non-hydrogen) atoms. The van der Waals surface area contributed by atoms with E-state index in [1.165, 1.54) is 4.90 Å². The average molecular weight is 350 g/mol. The third-order valence-electron chi connectivity index (χ3n) is 5.03. The Hall–Kier alpha value is -1.86. The van der Waals surface area contributed by atoms with Gasteiger partial charge in [-0.2, -0.15) is 0 Å². The van der Waals surface area contributed by atoms with Crippen LogP contribution in [0.2, 0.25) is 0 Å². The molecular formula is C18H26N2O5. The highest BCUT2D eigenvalue weighted by Gasteiger charge is 2.44. The summed E-state index contributed by atoms with van der Waals surface area (Å²) in [6, 6.07) is 3.52. The summed E-state index contributed by atoms with van der Waals surface area (Å²) < 4.78 is 17.1. The molecule has 2 aliphatic rings. The molecule has 7 nitrogen and oxygen atoms in total. The van der Waals surface area contributed by atoms with Gasteiger partial charge in [-0.15, -0.1) is 0 Å². The van der Waals surface area contributed by atoms with Crippen molar-refractivity contribution >= 4 is 11.8 Å². The van der Waals surface area contributed by atoms with E-state index in [2.05, 4.69) is 0 Å².